The van der Waals surface area contributed by atoms with Crippen LogP contribution in [-0.4, -0.2) is 15.0 Å². The van der Waals surface area contributed by atoms with Crippen molar-refractivity contribution in [3.63, 3.8) is 0 Å². The van der Waals surface area contributed by atoms with Crippen LogP contribution in [0, 0.1) is 30.6 Å². The Balaban J connectivity index is 2.18. The Kier molecular flexibility index (Phi) is 3.76. The molecule has 0 spiro atoms. The fourth-order valence-electron chi connectivity index (χ4n) is 2.17. The molecule has 2 N–H and O–H groups in total. The second kappa shape index (κ2) is 5.08. The summed E-state index contributed by atoms with van der Waals surface area (Å²) in [4.78, 5) is 0.125. The van der Waals surface area contributed by atoms with Crippen LogP contribution < -0.4 is 9.88 Å². The number of nitrogens with zero attached hydrogens (tertiary/aromatic N) is 1. The smallest absolute Gasteiger partial charge is 0.238 e. The van der Waals surface area contributed by atoms with Gasteiger partial charge in [-0.2, -0.15) is 5.26 Å². The normalized spacial score (nSPS) is 16.5. The van der Waals surface area contributed by atoms with Gasteiger partial charge in [0.05, 0.1) is 17.6 Å². The Labute approximate surface area is 119 Å². The summed E-state index contributed by atoms with van der Waals surface area (Å²) in [6, 6.07) is 5.41. The average molecular weight is 294 g/mol. The van der Waals surface area contributed by atoms with Gasteiger partial charge in [0.2, 0.25) is 10.0 Å². The first kappa shape index (κ1) is 14.8. The maximum Gasteiger partial charge on any atom is 0.238 e. The van der Waals surface area contributed by atoms with E-state index >= 15 is 0 Å². The molecule has 1 saturated carbocycles. The van der Waals surface area contributed by atoms with Gasteiger partial charge >= 0.3 is 0 Å². The molecule has 0 bridgehead atoms. The fourth-order valence-corrected chi connectivity index (χ4v) is 3.02. The molecule has 108 valence electrons. The van der Waals surface area contributed by atoms with Crippen LogP contribution in [0.2, 0.25) is 0 Å². The molecule has 0 atom stereocenters. The SMILES string of the molecule is Cc1cc(S(N)(=O)=O)c(C)cc1OCC1(CC#N)CC1. The van der Waals surface area contributed by atoms with Gasteiger partial charge in [0, 0.05) is 11.8 Å². The van der Waals surface area contributed by atoms with Crippen molar-refractivity contribution in [2.75, 3.05) is 6.61 Å². The Morgan fingerprint density at radius 2 is 2.00 bits per heavy atom. The average Bonchev–Trinajstić information content (AvgIpc) is 3.09. The first-order chi connectivity index (χ1) is 9.27. The molecule has 2 rings (SSSR count). The zero-order chi connectivity index (χ0) is 15.0. The highest BCUT2D eigenvalue weighted by atomic mass is 32.2. The Morgan fingerprint density at radius 3 is 2.50 bits per heavy atom. The molecule has 1 aromatic rings. The molecule has 0 heterocycles. The molecule has 5 nitrogen and oxygen atoms in total. The van der Waals surface area contributed by atoms with Crippen molar-refractivity contribution in [1.82, 2.24) is 0 Å². The lowest BCUT2D eigenvalue weighted by atomic mass is 10.1. The van der Waals surface area contributed by atoms with Crippen LogP contribution in [0.4, 0.5) is 0 Å². The second-order valence-corrected chi connectivity index (χ2v) is 7.08. The maximum atomic E-state index is 11.4. The molecule has 0 amide bonds. The van der Waals surface area contributed by atoms with Gasteiger partial charge in [-0.1, -0.05) is 0 Å². The monoisotopic (exact) mass is 294 g/mol. The van der Waals surface area contributed by atoms with Gasteiger partial charge in [0.1, 0.15) is 5.75 Å². The highest BCUT2D eigenvalue weighted by molar-refractivity contribution is 7.89. The Morgan fingerprint density at radius 1 is 1.35 bits per heavy atom. The molecular formula is C14H18N2O3S. The highest BCUT2D eigenvalue weighted by Crippen LogP contribution is 2.48. The van der Waals surface area contributed by atoms with Crippen molar-refractivity contribution in [3.8, 4) is 11.8 Å². The van der Waals surface area contributed by atoms with E-state index in [1.807, 2.05) is 0 Å². The second-order valence-electron chi connectivity index (χ2n) is 5.55. The molecule has 1 aliphatic rings. The third-order valence-corrected chi connectivity index (χ3v) is 4.78. The number of nitrogens with two attached hydrogens (primary N) is 1. The summed E-state index contributed by atoms with van der Waals surface area (Å²) in [5, 5.41) is 13.9. The number of benzene rings is 1. The first-order valence-corrected chi connectivity index (χ1v) is 7.96. The van der Waals surface area contributed by atoms with Crippen molar-refractivity contribution in [1.29, 1.82) is 5.26 Å². The summed E-state index contributed by atoms with van der Waals surface area (Å²) in [7, 11) is -3.71. The standard InChI is InChI=1S/C14H18N2O3S/c1-10-8-13(20(16,17)18)11(2)7-12(10)19-9-14(3-4-14)5-6-15/h7-8H,3-5,9H2,1-2H3,(H2,16,17,18). The van der Waals surface area contributed by atoms with Crippen molar-refractivity contribution >= 4 is 10.0 Å². The predicted molar refractivity (Wildman–Crippen MR) is 74.7 cm³/mol. The van der Waals surface area contributed by atoms with Gasteiger partial charge in [-0.25, -0.2) is 13.6 Å². The van der Waals surface area contributed by atoms with Gasteiger partial charge in [-0.3, -0.25) is 0 Å². The summed E-state index contributed by atoms with van der Waals surface area (Å²) in [5.41, 5.74) is 1.29. The van der Waals surface area contributed by atoms with Gasteiger partial charge in [-0.05, 0) is 49.9 Å². The molecule has 0 unspecified atom stereocenters. The molecule has 1 fully saturated rings. The molecular weight excluding hydrogens is 276 g/mol. The fraction of sp³-hybridized carbons (Fsp3) is 0.500. The summed E-state index contributed by atoms with van der Waals surface area (Å²) in [6.07, 6.45) is 2.52. The number of nitriles is 1. The summed E-state index contributed by atoms with van der Waals surface area (Å²) < 4.78 is 28.6. The van der Waals surface area contributed by atoms with E-state index in [9.17, 15) is 8.42 Å². The van der Waals surface area contributed by atoms with Crippen LogP contribution in [-0.2, 0) is 10.0 Å². The van der Waals surface area contributed by atoms with Gasteiger partial charge < -0.3 is 4.74 Å². The molecule has 1 aliphatic carbocycles. The molecule has 0 aliphatic heterocycles. The lowest BCUT2D eigenvalue weighted by Gasteiger charge is -2.16. The van der Waals surface area contributed by atoms with Crippen LogP contribution in [0.5, 0.6) is 5.75 Å². The third-order valence-electron chi connectivity index (χ3n) is 3.72. The van der Waals surface area contributed by atoms with Crippen LogP contribution in [0.1, 0.15) is 30.4 Å². The van der Waals surface area contributed by atoms with Crippen molar-refractivity contribution in [3.05, 3.63) is 23.3 Å². The van der Waals surface area contributed by atoms with E-state index < -0.39 is 10.0 Å². The topological polar surface area (TPSA) is 93.2 Å². The summed E-state index contributed by atoms with van der Waals surface area (Å²) >= 11 is 0. The van der Waals surface area contributed by atoms with E-state index in [2.05, 4.69) is 6.07 Å². The molecule has 0 radical (unpaired) electrons. The van der Waals surface area contributed by atoms with Crippen molar-refractivity contribution in [2.24, 2.45) is 10.6 Å². The number of primary sulfonamides is 1. The van der Waals surface area contributed by atoms with Gasteiger partial charge in [-0.15, -0.1) is 0 Å². The Bertz CT molecular complexity index is 670. The minimum atomic E-state index is -3.71. The number of ether oxygens (including phenoxy) is 1. The van der Waals surface area contributed by atoms with Gasteiger partial charge in [0.15, 0.2) is 0 Å². The Hall–Kier alpha value is -1.58. The highest BCUT2D eigenvalue weighted by Gasteiger charge is 2.43. The number of sulfonamides is 1. The number of rotatable bonds is 5. The molecule has 1 aromatic carbocycles. The zero-order valence-electron chi connectivity index (χ0n) is 11.6. The number of hydrogen-bond acceptors (Lipinski definition) is 4. The van der Waals surface area contributed by atoms with Crippen LogP contribution in [0.25, 0.3) is 0 Å². The van der Waals surface area contributed by atoms with Crippen LogP contribution in [0.15, 0.2) is 17.0 Å². The molecule has 20 heavy (non-hydrogen) atoms. The number of hydrogen-bond donors (Lipinski definition) is 1. The van der Waals surface area contributed by atoms with E-state index in [1.165, 1.54) is 6.07 Å². The number of aryl methyl sites for hydroxylation is 2. The van der Waals surface area contributed by atoms with Crippen LogP contribution >= 0.6 is 0 Å². The van der Waals surface area contributed by atoms with E-state index in [4.69, 9.17) is 15.1 Å². The van der Waals surface area contributed by atoms with E-state index in [0.717, 1.165) is 18.4 Å². The minimum absolute atomic E-state index is 0.00624. The van der Waals surface area contributed by atoms with E-state index in [0.29, 0.717) is 24.3 Å². The zero-order valence-corrected chi connectivity index (χ0v) is 12.5. The predicted octanol–water partition coefficient (Wildman–Crippen LogP) is 2.02. The largest absolute Gasteiger partial charge is 0.493 e. The first-order valence-electron chi connectivity index (χ1n) is 6.41. The van der Waals surface area contributed by atoms with E-state index in [1.54, 1.807) is 19.9 Å². The quantitative estimate of drug-likeness (QED) is 0.899. The molecule has 6 heteroatoms. The summed E-state index contributed by atoms with van der Waals surface area (Å²) in [6.45, 7) is 3.97. The lowest BCUT2D eigenvalue weighted by molar-refractivity contribution is 0.235. The lowest BCUT2D eigenvalue weighted by Crippen LogP contribution is -2.15. The van der Waals surface area contributed by atoms with Crippen molar-refractivity contribution in [2.45, 2.75) is 38.0 Å². The minimum Gasteiger partial charge on any atom is -0.493 e. The third kappa shape index (κ3) is 3.11. The molecule has 0 aromatic heterocycles. The van der Waals surface area contributed by atoms with Gasteiger partial charge in [0.25, 0.3) is 0 Å². The van der Waals surface area contributed by atoms with E-state index in [-0.39, 0.29) is 10.3 Å². The molecule has 0 saturated heterocycles. The van der Waals surface area contributed by atoms with Crippen LogP contribution in [0.3, 0.4) is 0 Å². The van der Waals surface area contributed by atoms with Crippen molar-refractivity contribution < 1.29 is 13.2 Å². The maximum absolute atomic E-state index is 11.4. The summed E-state index contributed by atoms with van der Waals surface area (Å²) in [5.74, 6) is 0.652.